The third-order valence-electron chi connectivity index (χ3n) is 5.57. The van der Waals surface area contributed by atoms with E-state index in [4.69, 9.17) is 9.47 Å². The number of ether oxygens (including phenoxy) is 2. The molecule has 0 amide bonds. The number of likely N-dealkylation sites (tertiary alicyclic amines) is 1. The topological polar surface area (TPSA) is 58.1 Å². The van der Waals surface area contributed by atoms with E-state index in [9.17, 15) is 0 Å². The summed E-state index contributed by atoms with van der Waals surface area (Å²) in [7, 11) is 3.48. The molecule has 0 aliphatic carbocycles. The van der Waals surface area contributed by atoms with Crippen LogP contribution in [-0.2, 0) is 17.8 Å². The molecule has 31 heavy (non-hydrogen) atoms. The van der Waals surface area contributed by atoms with E-state index >= 15 is 0 Å². The summed E-state index contributed by atoms with van der Waals surface area (Å²) >= 11 is 0. The number of guanidine groups is 1. The Bertz CT molecular complexity index is 789. The lowest BCUT2D eigenvalue weighted by molar-refractivity contribution is 0.00534. The largest absolute Gasteiger partial charge is 0.497 e. The zero-order chi connectivity index (χ0) is 21.7. The number of rotatable bonds is 10. The Kier molecular flexibility index (Phi) is 9.67. The van der Waals surface area contributed by atoms with Crippen LogP contribution in [0.1, 0.15) is 30.4 Å². The first-order valence-corrected chi connectivity index (χ1v) is 11.2. The zero-order valence-electron chi connectivity index (χ0n) is 18.8. The number of benzene rings is 2. The third kappa shape index (κ3) is 8.23. The highest BCUT2D eigenvalue weighted by atomic mass is 16.5. The molecule has 0 spiro atoms. The van der Waals surface area contributed by atoms with Gasteiger partial charge in [0.2, 0.25) is 0 Å². The summed E-state index contributed by atoms with van der Waals surface area (Å²) in [6.07, 6.45) is 3.58. The van der Waals surface area contributed by atoms with Gasteiger partial charge in [-0.3, -0.25) is 9.89 Å². The van der Waals surface area contributed by atoms with Gasteiger partial charge in [0.1, 0.15) is 5.75 Å². The van der Waals surface area contributed by atoms with Gasteiger partial charge in [-0.2, -0.15) is 0 Å². The Morgan fingerprint density at radius 3 is 2.55 bits per heavy atom. The van der Waals surface area contributed by atoms with E-state index in [2.05, 4.69) is 56.9 Å². The summed E-state index contributed by atoms with van der Waals surface area (Å²) < 4.78 is 11.4. The lowest BCUT2D eigenvalue weighted by Gasteiger charge is -2.32. The van der Waals surface area contributed by atoms with Crippen LogP contribution in [0.25, 0.3) is 0 Å². The van der Waals surface area contributed by atoms with E-state index in [1.807, 2.05) is 18.2 Å². The average molecular weight is 425 g/mol. The first kappa shape index (κ1) is 23.1. The van der Waals surface area contributed by atoms with Crippen LogP contribution in [0, 0.1) is 0 Å². The second kappa shape index (κ2) is 13.0. The van der Waals surface area contributed by atoms with Gasteiger partial charge < -0.3 is 20.1 Å². The standard InChI is InChI=1S/C25H36N4O2/c1-26-25(28-19-22-10-6-11-24(18-22)30-2)27-14-7-17-31-23-12-15-29(16-13-23)20-21-8-4-3-5-9-21/h3-6,8-11,18,23H,7,12-17,19-20H2,1-2H3,(H2,26,27,28). The van der Waals surface area contributed by atoms with Crippen LogP contribution in [0.4, 0.5) is 0 Å². The fourth-order valence-corrected chi connectivity index (χ4v) is 3.79. The molecule has 0 saturated carbocycles. The average Bonchev–Trinajstić information content (AvgIpc) is 2.82. The Morgan fingerprint density at radius 1 is 1.03 bits per heavy atom. The lowest BCUT2D eigenvalue weighted by Crippen LogP contribution is -2.38. The second-order valence-electron chi connectivity index (χ2n) is 7.89. The van der Waals surface area contributed by atoms with E-state index in [1.165, 1.54) is 5.56 Å². The fourth-order valence-electron chi connectivity index (χ4n) is 3.79. The normalized spacial score (nSPS) is 15.6. The van der Waals surface area contributed by atoms with Crippen molar-refractivity contribution >= 4 is 5.96 Å². The van der Waals surface area contributed by atoms with Gasteiger partial charge in [0.15, 0.2) is 5.96 Å². The molecule has 0 aromatic heterocycles. The Hall–Kier alpha value is -2.57. The van der Waals surface area contributed by atoms with Crippen LogP contribution in [0.2, 0.25) is 0 Å². The molecule has 0 atom stereocenters. The summed E-state index contributed by atoms with van der Waals surface area (Å²) in [5, 5.41) is 6.70. The molecule has 3 rings (SSSR count). The van der Waals surface area contributed by atoms with Crippen molar-refractivity contribution < 1.29 is 9.47 Å². The van der Waals surface area contributed by atoms with Crippen molar-refractivity contribution in [2.24, 2.45) is 4.99 Å². The van der Waals surface area contributed by atoms with Crippen molar-refractivity contribution in [2.45, 2.75) is 38.5 Å². The molecule has 0 radical (unpaired) electrons. The highest BCUT2D eigenvalue weighted by molar-refractivity contribution is 5.79. The molecule has 1 heterocycles. The van der Waals surface area contributed by atoms with Crippen LogP contribution in [0.5, 0.6) is 5.75 Å². The number of nitrogens with one attached hydrogen (secondary N) is 2. The highest BCUT2D eigenvalue weighted by Gasteiger charge is 2.19. The third-order valence-corrected chi connectivity index (χ3v) is 5.57. The maximum Gasteiger partial charge on any atom is 0.191 e. The van der Waals surface area contributed by atoms with E-state index < -0.39 is 0 Å². The van der Waals surface area contributed by atoms with Crippen molar-refractivity contribution in [3.8, 4) is 5.75 Å². The highest BCUT2D eigenvalue weighted by Crippen LogP contribution is 2.16. The lowest BCUT2D eigenvalue weighted by atomic mass is 10.1. The number of hydrogen-bond acceptors (Lipinski definition) is 4. The maximum atomic E-state index is 6.11. The molecule has 1 aliphatic heterocycles. The van der Waals surface area contributed by atoms with Gasteiger partial charge in [-0.15, -0.1) is 0 Å². The van der Waals surface area contributed by atoms with Gasteiger partial charge in [0.05, 0.1) is 13.2 Å². The molecule has 0 unspecified atom stereocenters. The fraction of sp³-hybridized carbons (Fsp3) is 0.480. The van der Waals surface area contributed by atoms with Crippen LogP contribution >= 0.6 is 0 Å². The molecule has 2 N–H and O–H groups in total. The van der Waals surface area contributed by atoms with Crippen molar-refractivity contribution in [3.05, 3.63) is 65.7 Å². The molecule has 1 saturated heterocycles. The molecule has 1 fully saturated rings. The first-order valence-electron chi connectivity index (χ1n) is 11.2. The van der Waals surface area contributed by atoms with Crippen molar-refractivity contribution in [1.29, 1.82) is 0 Å². The van der Waals surface area contributed by atoms with Crippen LogP contribution < -0.4 is 15.4 Å². The molecule has 0 bridgehead atoms. The number of methoxy groups -OCH3 is 1. The monoisotopic (exact) mass is 424 g/mol. The second-order valence-corrected chi connectivity index (χ2v) is 7.89. The zero-order valence-corrected chi connectivity index (χ0v) is 18.8. The Balaban J connectivity index is 1.25. The van der Waals surface area contributed by atoms with Gasteiger partial charge in [0, 0.05) is 46.4 Å². The minimum atomic E-state index is 0.387. The molecular weight excluding hydrogens is 388 g/mol. The van der Waals surface area contributed by atoms with Gasteiger partial charge >= 0.3 is 0 Å². The van der Waals surface area contributed by atoms with Gasteiger partial charge in [-0.05, 0) is 42.5 Å². The minimum Gasteiger partial charge on any atom is -0.497 e. The van der Waals surface area contributed by atoms with Gasteiger partial charge in [-0.25, -0.2) is 0 Å². The number of piperidine rings is 1. The van der Waals surface area contributed by atoms with Crippen LogP contribution in [-0.4, -0.2) is 57.4 Å². The SMILES string of the molecule is CN=C(NCCCOC1CCN(Cc2ccccc2)CC1)NCc1cccc(OC)c1. The van der Waals surface area contributed by atoms with Crippen molar-refractivity contribution in [1.82, 2.24) is 15.5 Å². The Morgan fingerprint density at radius 2 is 1.81 bits per heavy atom. The molecule has 6 heteroatoms. The summed E-state index contributed by atoms with van der Waals surface area (Å²) in [5.41, 5.74) is 2.55. The van der Waals surface area contributed by atoms with E-state index in [1.54, 1.807) is 14.2 Å². The smallest absolute Gasteiger partial charge is 0.191 e. The van der Waals surface area contributed by atoms with E-state index in [0.29, 0.717) is 12.6 Å². The first-order chi connectivity index (χ1) is 15.3. The van der Waals surface area contributed by atoms with Crippen LogP contribution in [0.15, 0.2) is 59.6 Å². The van der Waals surface area contributed by atoms with Crippen molar-refractivity contribution in [2.75, 3.05) is 40.4 Å². The molecular formula is C25H36N4O2. The molecule has 168 valence electrons. The number of nitrogens with zero attached hydrogens (tertiary/aromatic N) is 2. The summed E-state index contributed by atoms with van der Waals surface area (Å²) in [6.45, 7) is 5.58. The number of aliphatic imine (C=N–C) groups is 1. The summed E-state index contributed by atoms with van der Waals surface area (Å²) in [6, 6.07) is 18.7. The summed E-state index contributed by atoms with van der Waals surface area (Å²) in [4.78, 5) is 6.82. The van der Waals surface area contributed by atoms with Crippen LogP contribution in [0.3, 0.4) is 0 Å². The van der Waals surface area contributed by atoms with E-state index in [-0.39, 0.29) is 0 Å². The minimum absolute atomic E-state index is 0.387. The molecule has 2 aromatic rings. The predicted octanol–water partition coefficient (Wildman–Crippen LogP) is 3.43. The molecule has 1 aliphatic rings. The van der Waals surface area contributed by atoms with E-state index in [0.717, 1.165) is 69.3 Å². The molecule has 6 nitrogen and oxygen atoms in total. The quantitative estimate of drug-likeness (QED) is 0.348. The van der Waals surface area contributed by atoms with Crippen molar-refractivity contribution in [3.63, 3.8) is 0 Å². The molecule has 2 aromatic carbocycles. The maximum absolute atomic E-state index is 6.11. The number of hydrogen-bond donors (Lipinski definition) is 2. The van der Waals surface area contributed by atoms with Gasteiger partial charge in [0.25, 0.3) is 0 Å². The van der Waals surface area contributed by atoms with Gasteiger partial charge in [-0.1, -0.05) is 42.5 Å². The predicted molar refractivity (Wildman–Crippen MR) is 127 cm³/mol. The summed E-state index contributed by atoms with van der Waals surface area (Å²) in [5.74, 6) is 1.67. The Labute approximate surface area is 186 Å².